The average molecular weight is 731 g/mol. The Labute approximate surface area is 325 Å². The Morgan fingerprint density at radius 2 is 0.789 bits per heavy atom. The largest absolute Gasteiger partial charge is 0.309 e. The lowest BCUT2D eigenvalue weighted by Crippen LogP contribution is -1.97. The van der Waals surface area contributed by atoms with E-state index in [2.05, 4.69) is 167 Å². The third kappa shape index (κ3) is 4.77. The van der Waals surface area contributed by atoms with E-state index in [1.165, 1.54) is 38.2 Å². The molecule has 0 N–H and O–H groups in total. The van der Waals surface area contributed by atoms with Crippen LogP contribution in [0.4, 0.5) is 0 Å². The zero-order chi connectivity index (χ0) is 37.5. The number of nitrogens with zero attached hydrogens (tertiary/aromatic N) is 8. The molecule has 6 aromatic heterocycles. The second kappa shape index (κ2) is 12.3. The van der Waals surface area contributed by atoms with Gasteiger partial charge < -0.3 is 4.57 Å². The van der Waals surface area contributed by atoms with Gasteiger partial charge >= 0.3 is 0 Å². The summed E-state index contributed by atoms with van der Waals surface area (Å²) >= 11 is 0. The Morgan fingerprint density at radius 1 is 0.316 bits per heavy atom. The lowest BCUT2D eigenvalue weighted by atomic mass is 10.0. The molecule has 0 fully saturated rings. The number of pyridine rings is 1. The van der Waals surface area contributed by atoms with Crippen LogP contribution in [0.2, 0.25) is 0 Å². The van der Waals surface area contributed by atoms with Crippen LogP contribution < -0.4 is 0 Å². The highest BCUT2D eigenvalue weighted by molar-refractivity contribution is 6.13. The number of hydrogen-bond acceptors (Lipinski definition) is 5. The third-order valence-corrected chi connectivity index (χ3v) is 11.2. The van der Waals surface area contributed by atoms with Crippen molar-refractivity contribution in [3.05, 3.63) is 183 Å². The van der Waals surface area contributed by atoms with Crippen molar-refractivity contribution in [2.24, 2.45) is 0 Å². The Bertz CT molecular complexity index is 3510. The molecule has 0 aliphatic heterocycles. The van der Waals surface area contributed by atoms with Crippen molar-refractivity contribution in [3.63, 3.8) is 0 Å². The van der Waals surface area contributed by atoms with Crippen molar-refractivity contribution in [1.29, 1.82) is 0 Å². The Kier molecular flexibility index (Phi) is 6.76. The molecule has 6 aromatic carbocycles. The summed E-state index contributed by atoms with van der Waals surface area (Å²) in [7, 11) is 0. The van der Waals surface area contributed by atoms with E-state index in [-0.39, 0.29) is 0 Å². The van der Waals surface area contributed by atoms with Crippen LogP contribution in [-0.4, -0.2) is 38.6 Å². The summed E-state index contributed by atoms with van der Waals surface area (Å²) < 4.78 is 6.69. The summed E-state index contributed by atoms with van der Waals surface area (Å²) in [6.07, 6.45) is 12.3. The molecule has 0 saturated carbocycles. The zero-order valence-corrected chi connectivity index (χ0v) is 30.4. The van der Waals surface area contributed by atoms with Crippen LogP contribution in [0.5, 0.6) is 0 Å². The molecule has 0 atom stereocenters. The van der Waals surface area contributed by atoms with E-state index in [1.807, 2.05) is 18.5 Å². The van der Waals surface area contributed by atoms with Gasteiger partial charge in [0.15, 0.2) is 11.6 Å². The molecule has 0 unspecified atom stereocenters. The fourth-order valence-corrected chi connectivity index (χ4v) is 8.71. The summed E-state index contributed by atoms with van der Waals surface area (Å²) in [6, 6.07) is 50.3. The third-order valence-electron chi connectivity index (χ3n) is 11.2. The fourth-order valence-electron chi connectivity index (χ4n) is 8.71. The second-order valence-corrected chi connectivity index (χ2v) is 14.3. The van der Waals surface area contributed by atoms with Gasteiger partial charge in [-0.3, -0.25) is 24.1 Å². The standard InChI is InChI=1S/C49H30N8/c1-3-8-41-36(6-1)38-26-33(34-15-19-44-39(27-34)37-7-2-4-9-42(37)56(44)47-29-50-22-24-52-47)14-18-43(38)55(41)35-16-11-31(12-17-35)32-13-20-45-40(28-32)49-46(10-5-21-54-49)57(45)48-30-51-23-25-53-48/h1-30H. The van der Waals surface area contributed by atoms with Crippen LogP contribution in [-0.2, 0) is 0 Å². The van der Waals surface area contributed by atoms with Crippen LogP contribution in [0.1, 0.15) is 0 Å². The predicted octanol–water partition coefficient (Wildman–Crippen LogP) is 11.3. The summed E-state index contributed by atoms with van der Waals surface area (Å²) in [4.78, 5) is 22.7. The molecule has 266 valence electrons. The molecule has 0 bridgehead atoms. The molecule has 0 saturated heterocycles. The van der Waals surface area contributed by atoms with E-state index in [9.17, 15) is 0 Å². The molecular weight excluding hydrogens is 701 g/mol. The summed E-state index contributed by atoms with van der Waals surface area (Å²) in [5.74, 6) is 1.57. The molecule has 12 rings (SSSR count). The lowest BCUT2D eigenvalue weighted by molar-refractivity contribution is 1.04. The molecule has 0 spiro atoms. The maximum atomic E-state index is 4.78. The van der Waals surface area contributed by atoms with Gasteiger partial charge in [0.05, 0.1) is 51.0 Å². The van der Waals surface area contributed by atoms with E-state index < -0.39 is 0 Å². The highest BCUT2D eigenvalue weighted by atomic mass is 15.1. The lowest BCUT2D eigenvalue weighted by Gasteiger charge is -2.10. The van der Waals surface area contributed by atoms with Crippen LogP contribution in [0.15, 0.2) is 183 Å². The Morgan fingerprint density at radius 3 is 1.40 bits per heavy atom. The molecule has 0 aliphatic carbocycles. The van der Waals surface area contributed by atoms with E-state index in [1.54, 1.807) is 31.0 Å². The van der Waals surface area contributed by atoms with Gasteiger partial charge in [0.1, 0.15) is 0 Å². The first-order valence-corrected chi connectivity index (χ1v) is 18.9. The van der Waals surface area contributed by atoms with Crippen molar-refractivity contribution >= 4 is 65.5 Å². The van der Waals surface area contributed by atoms with Gasteiger partial charge in [-0.2, -0.15) is 0 Å². The minimum atomic E-state index is 0.768. The van der Waals surface area contributed by atoms with Crippen LogP contribution >= 0.6 is 0 Å². The quantitative estimate of drug-likeness (QED) is 0.176. The van der Waals surface area contributed by atoms with E-state index in [0.29, 0.717) is 0 Å². The van der Waals surface area contributed by atoms with Gasteiger partial charge in [0.25, 0.3) is 0 Å². The normalized spacial score (nSPS) is 11.9. The van der Waals surface area contributed by atoms with E-state index in [4.69, 9.17) is 4.98 Å². The number of fused-ring (bicyclic) bond motifs is 9. The summed E-state index contributed by atoms with van der Waals surface area (Å²) in [6.45, 7) is 0. The first-order valence-electron chi connectivity index (χ1n) is 18.9. The maximum Gasteiger partial charge on any atom is 0.156 e. The Hall–Kier alpha value is -7.97. The van der Waals surface area contributed by atoms with Crippen molar-refractivity contribution in [1.82, 2.24) is 38.6 Å². The first-order chi connectivity index (χ1) is 28.3. The SMILES string of the molecule is c1ccc2c(c1)c1cc(-c3ccc4c(c3)c3ccccc3n4-c3cnccn3)ccc1n2-c1ccc(-c2ccc3c(c2)c2ncccc2n3-c2cnccn2)cc1. The molecule has 8 heteroatoms. The average Bonchev–Trinajstić information content (AvgIpc) is 3.92. The maximum absolute atomic E-state index is 4.78. The van der Waals surface area contributed by atoms with Gasteiger partial charge in [-0.25, -0.2) is 9.97 Å². The number of benzene rings is 6. The highest BCUT2D eigenvalue weighted by Crippen LogP contribution is 2.39. The van der Waals surface area contributed by atoms with Crippen molar-refractivity contribution in [3.8, 4) is 39.6 Å². The summed E-state index contributed by atoms with van der Waals surface area (Å²) in [5.41, 5.74) is 13.2. The van der Waals surface area contributed by atoms with E-state index >= 15 is 0 Å². The molecule has 12 aromatic rings. The van der Waals surface area contributed by atoms with Crippen molar-refractivity contribution < 1.29 is 0 Å². The second-order valence-electron chi connectivity index (χ2n) is 14.3. The van der Waals surface area contributed by atoms with Crippen LogP contribution in [0.25, 0.3) is 105 Å². The number of aromatic nitrogens is 8. The Balaban J connectivity index is 0.949. The van der Waals surface area contributed by atoms with Crippen LogP contribution in [0.3, 0.4) is 0 Å². The van der Waals surface area contributed by atoms with Gasteiger partial charge in [-0.05, 0) is 95.1 Å². The molecule has 0 aliphatic rings. The minimum absolute atomic E-state index is 0.768. The molecule has 6 heterocycles. The first kappa shape index (κ1) is 31.4. The fraction of sp³-hybridized carbons (Fsp3) is 0. The van der Waals surface area contributed by atoms with Crippen molar-refractivity contribution in [2.45, 2.75) is 0 Å². The smallest absolute Gasteiger partial charge is 0.156 e. The van der Waals surface area contributed by atoms with Gasteiger partial charge in [0.2, 0.25) is 0 Å². The van der Waals surface area contributed by atoms with Crippen molar-refractivity contribution in [2.75, 3.05) is 0 Å². The number of rotatable bonds is 5. The monoisotopic (exact) mass is 730 g/mol. The zero-order valence-electron chi connectivity index (χ0n) is 30.4. The molecule has 57 heavy (non-hydrogen) atoms. The molecule has 0 amide bonds. The van der Waals surface area contributed by atoms with Crippen LogP contribution in [0, 0.1) is 0 Å². The highest BCUT2D eigenvalue weighted by Gasteiger charge is 2.18. The van der Waals surface area contributed by atoms with Gasteiger partial charge in [-0.1, -0.05) is 66.7 Å². The number of hydrogen-bond donors (Lipinski definition) is 0. The van der Waals surface area contributed by atoms with Gasteiger partial charge in [-0.15, -0.1) is 0 Å². The molecule has 8 nitrogen and oxygen atoms in total. The topological polar surface area (TPSA) is 79.2 Å². The minimum Gasteiger partial charge on any atom is -0.309 e. The molecule has 0 radical (unpaired) electrons. The van der Waals surface area contributed by atoms with Gasteiger partial charge in [0, 0.05) is 63.6 Å². The predicted molar refractivity (Wildman–Crippen MR) is 229 cm³/mol. The van der Waals surface area contributed by atoms with E-state index in [0.717, 1.165) is 66.9 Å². The molecular formula is C49H30N8. The number of para-hydroxylation sites is 2. The summed E-state index contributed by atoms with van der Waals surface area (Å²) in [5, 5.41) is 5.88.